The van der Waals surface area contributed by atoms with E-state index in [1.54, 1.807) is 214 Å². The van der Waals surface area contributed by atoms with Crippen LogP contribution in [0.3, 0.4) is 0 Å². The molecule has 0 radical (unpaired) electrons. The normalized spacial score (nSPS) is 13.1. The molecule has 738 valence electrons. The fourth-order valence-corrected chi connectivity index (χ4v) is 17.7. The van der Waals surface area contributed by atoms with Crippen molar-refractivity contribution >= 4 is 102 Å². The fourth-order valence-electron chi connectivity index (χ4n) is 17.2. The number of aliphatic hydroxyl groups is 1. The molecule has 0 saturated heterocycles. The molecule has 0 fully saturated rings. The molecule has 6 aromatic carbocycles. The SMILES string of the molecule is C#CC(O)c1cnn2c3c(c(=O)n(-c4ccc(C(=O)NC)cc4)c12)CCN(C(=O)OC(C)(C)C)C3.C#CCc1cnn2c3c(c(=O)n(-c4ccc(C(=O)NC)cc4)c12)CCN(C(=O)OC(C)(C)C)C3.C#CCc1cnn2c3c(c(=O)n(-c4ccc(C(=O)NC)cc4)c12)CCN(C(=O)c1ccc(Br)c(C)c1)C3.C#CCc1cnn2c3c(c(=O)n(-c4ccc(C(=O)NC)cc4)c12)CCNC3.Cc1cc(C(=O)O)ccc1Br. The van der Waals surface area contributed by atoms with Gasteiger partial charge >= 0.3 is 18.2 Å². The summed E-state index contributed by atoms with van der Waals surface area (Å²) in [7, 11) is 6.25. The third kappa shape index (κ3) is 21.5. The molecule has 12 heterocycles. The molecular weight excluding hydrogens is 1970 g/mol. The maximum atomic E-state index is 13.9. The largest absolute Gasteiger partial charge is 0.478 e. The Balaban J connectivity index is 0.000000147. The Bertz CT molecular complexity index is 7920. The molecule has 4 aliphatic rings. The van der Waals surface area contributed by atoms with Gasteiger partial charge in [0.05, 0.1) is 101 Å². The fraction of sp³-hybridized carbons (Fsp3) is 0.283. The van der Waals surface area contributed by atoms with E-state index in [0.29, 0.717) is 177 Å². The number of halogens is 2. The number of carboxylic acid groups (broad SMARTS) is 1. The van der Waals surface area contributed by atoms with Gasteiger partial charge in [-0.3, -0.25) is 61.4 Å². The zero-order valence-corrected chi connectivity index (χ0v) is 84.3. The van der Waals surface area contributed by atoms with E-state index in [0.717, 1.165) is 49.0 Å². The van der Waals surface area contributed by atoms with E-state index in [2.05, 4.69) is 103 Å². The van der Waals surface area contributed by atoms with Crippen LogP contribution in [0.25, 0.3) is 45.3 Å². The quantitative estimate of drug-likeness (QED) is 0.0497. The summed E-state index contributed by atoms with van der Waals surface area (Å²) in [6.07, 6.45) is 29.1. The number of ether oxygens (including phenoxy) is 2. The number of hydrogen-bond acceptors (Lipinski definition) is 20. The van der Waals surface area contributed by atoms with Gasteiger partial charge in [-0.15, -0.1) is 43.5 Å². The lowest BCUT2D eigenvalue weighted by atomic mass is 10.0. The Morgan fingerprint density at radius 1 is 0.424 bits per heavy atom. The van der Waals surface area contributed by atoms with Crippen LogP contribution >= 0.6 is 31.9 Å². The predicted molar refractivity (Wildman–Crippen MR) is 547 cm³/mol. The van der Waals surface area contributed by atoms with E-state index in [4.69, 9.17) is 40.3 Å². The topological polar surface area (TPSA) is 423 Å². The number of fused-ring (bicyclic) bond motifs is 12. The highest BCUT2D eigenvalue weighted by Crippen LogP contribution is 2.33. The minimum absolute atomic E-state index is 0.0644. The Kier molecular flexibility index (Phi) is 31.4. The van der Waals surface area contributed by atoms with Gasteiger partial charge in [-0.2, -0.15) is 20.4 Å². The summed E-state index contributed by atoms with van der Waals surface area (Å²) in [5.41, 5.74) is 14.9. The molecule has 1 atom stereocenters. The molecule has 0 saturated carbocycles. The van der Waals surface area contributed by atoms with E-state index in [1.807, 2.05) is 51.3 Å². The number of carboxylic acids is 1. The van der Waals surface area contributed by atoms with E-state index < -0.39 is 35.5 Å². The van der Waals surface area contributed by atoms with Gasteiger partial charge < -0.3 is 61.0 Å². The van der Waals surface area contributed by atoms with Gasteiger partial charge in [-0.05, 0) is 232 Å². The third-order valence-corrected chi connectivity index (χ3v) is 26.1. The molecule has 8 aromatic heterocycles. The highest BCUT2D eigenvalue weighted by atomic mass is 79.9. The first-order valence-electron chi connectivity index (χ1n) is 45.8. The molecule has 36 nitrogen and oxygen atoms in total. The lowest BCUT2D eigenvalue weighted by molar-refractivity contribution is 0.0208. The van der Waals surface area contributed by atoms with Crippen LogP contribution in [0.4, 0.5) is 9.59 Å². The van der Waals surface area contributed by atoms with Crippen LogP contribution in [0.2, 0.25) is 0 Å². The van der Waals surface area contributed by atoms with Crippen molar-refractivity contribution in [3.05, 3.63) is 320 Å². The third-order valence-electron chi connectivity index (χ3n) is 24.3. The molecule has 0 bridgehead atoms. The van der Waals surface area contributed by atoms with Crippen molar-refractivity contribution in [2.24, 2.45) is 0 Å². The van der Waals surface area contributed by atoms with Crippen LogP contribution in [0.5, 0.6) is 0 Å². The van der Waals surface area contributed by atoms with E-state index in [-0.39, 0.29) is 89.0 Å². The number of carbonyl (C=O) groups excluding carboxylic acids is 7. The predicted octanol–water partition coefficient (Wildman–Crippen LogP) is 10.5. The van der Waals surface area contributed by atoms with E-state index >= 15 is 0 Å². The number of nitrogens with one attached hydrogen (secondary N) is 5. The molecule has 14 aromatic rings. The number of aromatic nitrogens is 12. The summed E-state index contributed by atoms with van der Waals surface area (Å²) in [5, 5.41) is 50.7. The maximum Gasteiger partial charge on any atom is 0.410 e. The smallest absolute Gasteiger partial charge is 0.410 e. The van der Waals surface area contributed by atoms with Crippen molar-refractivity contribution in [2.45, 2.75) is 144 Å². The first-order chi connectivity index (χ1) is 68.8. The summed E-state index contributed by atoms with van der Waals surface area (Å²) >= 11 is 6.76. The van der Waals surface area contributed by atoms with Crippen molar-refractivity contribution in [3.8, 4) is 72.1 Å². The summed E-state index contributed by atoms with van der Waals surface area (Å²) in [4.78, 5) is 156. The second-order valence-electron chi connectivity index (χ2n) is 36.0. The minimum atomic E-state index is -1.30. The average Bonchev–Trinajstić information content (AvgIpc) is 1.56. The summed E-state index contributed by atoms with van der Waals surface area (Å²) in [5.74, 6) is 8.33. The first kappa shape index (κ1) is 103. The number of carbonyl (C=O) groups is 8. The van der Waals surface area contributed by atoms with Crippen molar-refractivity contribution in [1.82, 2.24) is 98.0 Å². The van der Waals surface area contributed by atoms with Crippen LogP contribution in [-0.2, 0) is 80.6 Å². The minimum Gasteiger partial charge on any atom is -0.478 e. The molecule has 0 aliphatic carbocycles. The number of hydrogen-bond donors (Lipinski definition) is 7. The van der Waals surface area contributed by atoms with Crippen LogP contribution in [0, 0.1) is 63.2 Å². The summed E-state index contributed by atoms with van der Waals surface area (Å²) < 4.78 is 25.9. The van der Waals surface area contributed by atoms with Gasteiger partial charge in [-0.1, -0.05) is 37.8 Å². The van der Waals surface area contributed by atoms with Crippen molar-refractivity contribution in [2.75, 3.05) is 54.4 Å². The second kappa shape index (κ2) is 43.7. The number of benzene rings is 6. The number of terminal acetylenes is 4. The number of aryl methyl sites for hydroxylation is 2. The van der Waals surface area contributed by atoms with E-state index in [1.165, 1.54) is 27.2 Å². The van der Waals surface area contributed by atoms with Gasteiger partial charge in [0.15, 0.2) is 0 Å². The van der Waals surface area contributed by atoms with E-state index in [9.17, 15) is 62.6 Å². The first-order valence-corrected chi connectivity index (χ1v) is 47.4. The van der Waals surface area contributed by atoms with Gasteiger partial charge in [0.2, 0.25) is 0 Å². The highest BCUT2D eigenvalue weighted by molar-refractivity contribution is 9.10. The Hall–Kier alpha value is -16.5. The van der Waals surface area contributed by atoms with Gasteiger partial charge in [0, 0.05) is 149 Å². The molecule has 0 spiro atoms. The van der Waals surface area contributed by atoms with Crippen LogP contribution in [0.15, 0.2) is 186 Å². The Morgan fingerprint density at radius 3 is 1.05 bits per heavy atom. The summed E-state index contributed by atoms with van der Waals surface area (Å²) in [6, 6.07) is 37.5. The molecule has 1 unspecified atom stereocenters. The zero-order valence-electron chi connectivity index (χ0n) is 81.1. The van der Waals surface area contributed by atoms with Crippen molar-refractivity contribution < 1.29 is 58.0 Å². The summed E-state index contributed by atoms with van der Waals surface area (Å²) in [6.45, 7) is 17.6. The molecule has 18 rings (SSSR count). The van der Waals surface area contributed by atoms with Crippen molar-refractivity contribution in [3.63, 3.8) is 0 Å². The van der Waals surface area contributed by atoms with Gasteiger partial charge in [0.25, 0.3) is 51.8 Å². The molecule has 7 amide bonds. The highest BCUT2D eigenvalue weighted by Gasteiger charge is 2.36. The maximum absolute atomic E-state index is 13.9. The monoisotopic (exact) mass is 2070 g/mol. The van der Waals surface area contributed by atoms with Gasteiger partial charge in [-0.25, -0.2) is 32.4 Å². The molecular formula is C106H104Br2N20O16. The van der Waals surface area contributed by atoms with Crippen molar-refractivity contribution in [1.29, 1.82) is 0 Å². The number of aromatic carboxylic acids is 1. The number of rotatable bonds is 14. The molecule has 144 heavy (non-hydrogen) atoms. The number of aliphatic hydroxyl groups excluding tert-OH is 1. The number of amides is 7. The molecule has 4 aliphatic heterocycles. The van der Waals surface area contributed by atoms with Crippen LogP contribution in [-0.4, -0.2) is 195 Å². The Morgan fingerprint density at radius 2 is 0.722 bits per heavy atom. The second-order valence-corrected chi connectivity index (χ2v) is 37.7. The number of nitrogens with zero attached hydrogens (tertiary/aromatic N) is 15. The molecule has 38 heteroatoms. The lowest BCUT2D eigenvalue weighted by Gasteiger charge is -2.31. The van der Waals surface area contributed by atoms with Crippen LogP contribution in [0.1, 0.15) is 188 Å². The Labute approximate surface area is 843 Å². The molecule has 7 N–H and O–H groups in total. The standard InChI is InChI=1S/C28H24BrN5O3.C25H27N5O5.C25H27N5O4.C20H19N5O2.C8H7BrO2/c1-4-5-20-15-31-34-24-16-32(27(36)19-8-11-23(29)17(2)14-19)13-12-22(24)28(37)33(26(20)34)21-9-6-18(7-10-21)25(35)30-3;1-6-20(31)18-13-27-30-19-14-28(24(34)35-25(2,3)4)12-11-17(19)23(33)29(22(18)30)16-9-7-15(8-10-16)21(32)26-5;1-6-7-17-14-27-30-20-15-28(24(33)34-25(2,3)4)13-12-19(20)23(32)29(22(17)30)18-10-8-16(9-11-18)21(31)26-5;1-3-4-14-11-23-25-17-12-22-10-9-16(17)20(27)24(19(14)25)15-7-5-13(6-8-15)18(26)21-2;1-5-4-6(8(10)11)2-3-7(5)9/h1,6-11,14-15H,5,12-13,16H2,2-3H3,(H,30,35);1,7-10,13,20,31H,11-12,14H2,2-5H3,(H,26,32);1,8-11,14H,7,12-13,15H2,2-5H3,(H,26,31);1,5-8,11,22H,4,9-10,12H2,2H3,(H,21,26);2-4H,1H3,(H,10,11). The van der Waals surface area contributed by atoms with Crippen LogP contribution < -0.4 is 48.8 Å². The lowest BCUT2D eigenvalue weighted by Crippen LogP contribution is -2.43. The van der Waals surface area contributed by atoms with Gasteiger partial charge in [0.1, 0.15) is 39.9 Å². The average molecular weight is 2070 g/mol. The zero-order chi connectivity index (χ0) is 104.